The van der Waals surface area contributed by atoms with E-state index in [4.69, 9.17) is 0 Å². The van der Waals surface area contributed by atoms with E-state index in [0.29, 0.717) is 5.57 Å². The highest BCUT2D eigenvalue weighted by Gasteiger charge is 2.48. The van der Waals surface area contributed by atoms with Crippen LogP contribution in [0.5, 0.6) is 0 Å². The molecular weight excluding hydrogens is 260 g/mol. The molecule has 0 aromatic heterocycles. The lowest BCUT2D eigenvalue weighted by Crippen LogP contribution is -2.32. The molecule has 1 aliphatic carbocycles. The lowest BCUT2D eigenvalue weighted by atomic mass is 9.82. The molecule has 0 aliphatic heterocycles. The molecule has 0 spiro atoms. The third-order valence-electron chi connectivity index (χ3n) is 4.40. The lowest BCUT2D eigenvalue weighted by molar-refractivity contribution is -0.117. The molecule has 2 aromatic carbocycles. The lowest BCUT2D eigenvalue weighted by Gasteiger charge is -2.26. The smallest absolute Gasteiger partial charge is 0.174 e. The zero-order valence-corrected chi connectivity index (χ0v) is 12.2. The van der Waals surface area contributed by atoms with E-state index in [1.165, 1.54) is 0 Å². The Hall–Kier alpha value is -2.19. The van der Waals surface area contributed by atoms with E-state index in [0.717, 1.165) is 16.7 Å². The van der Waals surface area contributed by atoms with Crippen molar-refractivity contribution in [2.45, 2.75) is 25.4 Å². The summed E-state index contributed by atoms with van der Waals surface area (Å²) in [5, 5.41) is 10.9. The predicted molar refractivity (Wildman–Crippen MR) is 83.8 cm³/mol. The summed E-state index contributed by atoms with van der Waals surface area (Å²) in [5.74, 6) is -0.538. The number of ketones is 1. The average molecular weight is 278 g/mol. The second-order valence-corrected chi connectivity index (χ2v) is 5.72. The predicted octanol–water partition coefficient (Wildman–Crippen LogP) is 3.58. The van der Waals surface area contributed by atoms with Crippen LogP contribution in [0.2, 0.25) is 0 Å². The molecule has 2 heteroatoms. The molecule has 2 atom stereocenters. The van der Waals surface area contributed by atoms with Gasteiger partial charge in [-0.05, 0) is 30.5 Å². The molecule has 2 nitrogen and oxygen atoms in total. The molecule has 0 fully saturated rings. The molecular formula is C19H18O2. The molecule has 0 saturated heterocycles. The van der Waals surface area contributed by atoms with E-state index in [1.807, 2.05) is 67.6 Å². The first kappa shape index (κ1) is 13.8. The topological polar surface area (TPSA) is 37.3 Å². The van der Waals surface area contributed by atoms with Crippen molar-refractivity contribution in [1.29, 1.82) is 0 Å². The Morgan fingerprint density at radius 3 is 2.05 bits per heavy atom. The summed E-state index contributed by atoms with van der Waals surface area (Å²) in [5.41, 5.74) is 1.97. The Morgan fingerprint density at radius 2 is 1.48 bits per heavy atom. The molecule has 0 unspecified atom stereocenters. The second-order valence-electron chi connectivity index (χ2n) is 5.72. The molecule has 3 rings (SSSR count). The van der Waals surface area contributed by atoms with E-state index in [1.54, 1.807) is 6.92 Å². The van der Waals surface area contributed by atoms with Gasteiger partial charge in [0.15, 0.2) is 5.78 Å². The quantitative estimate of drug-likeness (QED) is 0.911. The first-order valence-corrected chi connectivity index (χ1v) is 7.12. The largest absolute Gasteiger partial charge is 0.385 e. The van der Waals surface area contributed by atoms with Crippen LogP contribution in [0.25, 0.3) is 5.57 Å². The SMILES string of the molecule is CC1=C(c2ccccc2)C(=O)[C@@H](c2ccccc2)[C@@]1(C)O. The first-order chi connectivity index (χ1) is 10.0. The third-order valence-corrected chi connectivity index (χ3v) is 4.40. The van der Waals surface area contributed by atoms with Crippen molar-refractivity contribution in [3.8, 4) is 0 Å². The van der Waals surface area contributed by atoms with Crippen LogP contribution in [0.15, 0.2) is 66.2 Å². The highest BCUT2D eigenvalue weighted by atomic mass is 16.3. The fraction of sp³-hybridized carbons (Fsp3) is 0.211. The van der Waals surface area contributed by atoms with Crippen LogP contribution in [0.3, 0.4) is 0 Å². The molecule has 1 N–H and O–H groups in total. The van der Waals surface area contributed by atoms with Gasteiger partial charge in [-0.15, -0.1) is 0 Å². The monoisotopic (exact) mass is 278 g/mol. The number of carbonyl (C=O) groups is 1. The van der Waals surface area contributed by atoms with Gasteiger partial charge in [-0.1, -0.05) is 60.7 Å². The first-order valence-electron chi connectivity index (χ1n) is 7.12. The van der Waals surface area contributed by atoms with Crippen LogP contribution in [-0.4, -0.2) is 16.5 Å². The third kappa shape index (κ3) is 2.12. The minimum absolute atomic E-state index is 0.00472. The van der Waals surface area contributed by atoms with Crippen molar-refractivity contribution < 1.29 is 9.90 Å². The summed E-state index contributed by atoms with van der Waals surface area (Å²) in [7, 11) is 0. The van der Waals surface area contributed by atoms with Gasteiger partial charge in [0, 0.05) is 5.57 Å². The van der Waals surface area contributed by atoms with Gasteiger partial charge < -0.3 is 5.11 Å². The highest BCUT2D eigenvalue weighted by molar-refractivity contribution is 6.27. The normalized spacial score (nSPS) is 25.5. The second kappa shape index (κ2) is 4.97. The minimum Gasteiger partial charge on any atom is -0.385 e. The Morgan fingerprint density at radius 1 is 0.952 bits per heavy atom. The number of aliphatic hydroxyl groups is 1. The molecule has 2 aromatic rings. The van der Waals surface area contributed by atoms with Crippen LogP contribution in [-0.2, 0) is 4.79 Å². The highest BCUT2D eigenvalue weighted by Crippen LogP contribution is 2.47. The van der Waals surface area contributed by atoms with Gasteiger partial charge in [0.25, 0.3) is 0 Å². The summed E-state index contributed by atoms with van der Waals surface area (Å²) in [6.45, 7) is 3.58. The number of hydrogen-bond donors (Lipinski definition) is 1. The maximum absolute atomic E-state index is 12.9. The van der Waals surface area contributed by atoms with Crippen LogP contribution in [0.1, 0.15) is 30.9 Å². The number of hydrogen-bond acceptors (Lipinski definition) is 2. The summed E-state index contributed by atoms with van der Waals surface area (Å²) in [4.78, 5) is 12.9. The number of carbonyl (C=O) groups excluding carboxylic acids is 1. The standard InChI is InChI=1S/C19H18O2/c1-13-16(14-9-5-3-6-10-14)18(20)17(19(13,2)21)15-11-7-4-8-12-15/h3-12,17,21H,1-2H3/t17-,19+/m1/s1. The maximum atomic E-state index is 12.9. The van der Waals surface area contributed by atoms with Gasteiger partial charge in [0.1, 0.15) is 0 Å². The number of Topliss-reactive ketones (excluding diaryl/α,β-unsaturated/α-hetero) is 1. The summed E-state index contributed by atoms with van der Waals surface area (Å²) in [6, 6.07) is 19.1. The summed E-state index contributed by atoms with van der Waals surface area (Å²) >= 11 is 0. The van der Waals surface area contributed by atoms with E-state index in [2.05, 4.69) is 0 Å². The van der Waals surface area contributed by atoms with Gasteiger partial charge in [-0.2, -0.15) is 0 Å². The van der Waals surface area contributed by atoms with Crippen LogP contribution in [0.4, 0.5) is 0 Å². The van der Waals surface area contributed by atoms with Gasteiger partial charge in [0.2, 0.25) is 0 Å². The van der Waals surface area contributed by atoms with Gasteiger partial charge in [-0.25, -0.2) is 0 Å². The molecule has 0 radical (unpaired) electrons. The van der Waals surface area contributed by atoms with Crippen molar-refractivity contribution in [1.82, 2.24) is 0 Å². The van der Waals surface area contributed by atoms with E-state index in [9.17, 15) is 9.90 Å². The molecule has 1 aliphatic rings. The molecule has 21 heavy (non-hydrogen) atoms. The van der Waals surface area contributed by atoms with Crippen molar-refractivity contribution in [2.75, 3.05) is 0 Å². The zero-order valence-electron chi connectivity index (χ0n) is 12.2. The summed E-state index contributed by atoms with van der Waals surface area (Å²) in [6.07, 6.45) is 0. The minimum atomic E-state index is -1.15. The molecule has 0 heterocycles. The molecule has 0 bridgehead atoms. The average Bonchev–Trinajstić information content (AvgIpc) is 2.67. The fourth-order valence-corrected chi connectivity index (χ4v) is 3.14. The van der Waals surface area contributed by atoms with E-state index < -0.39 is 11.5 Å². The maximum Gasteiger partial charge on any atom is 0.174 e. The van der Waals surface area contributed by atoms with Crippen LogP contribution < -0.4 is 0 Å². The van der Waals surface area contributed by atoms with Gasteiger partial charge >= 0.3 is 0 Å². The van der Waals surface area contributed by atoms with Crippen molar-refractivity contribution >= 4 is 11.4 Å². The van der Waals surface area contributed by atoms with Crippen molar-refractivity contribution in [3.63, 3.8) is 0 Å². The number of benzene rings is 2. The van der Waals surface area contributed by atoms with Crippen LogP contribution in [0, 0.1) is 0 Å². The number of rotatable bonds is 2. The van der Waals surface area contributed by atoms with E-state index >= 15 is 0 Å². The summed E-state index contributed by atoms with van der Waals surface area (Å²) < 4.78 is 0. The molecule has 106 valence electrons. The van der Waals surface area contributed by atoms with Gasteiger partial charge in [0.05, 0.1) is 11.5 Å². The zero-order chi connectivity index (χ0) is 15.0. The Kier molecular flexibility index (Phi) is 3.26. The fourth-order valence-electron chi connectivity index (χ4n) is 3.14. The van der Waals surface area contributed by atoms with Crippen LogP contribution >= 0.6 is 0 Å². The Labute approximate surface area is 124 Å². The Bertz CT molecular complexity index is 697. The molecule has 0 saturated carbocycles. The van der Waals surface area contributed by atoms with Crippen molar-refractivity contribution in [3.05, 3.63) is 77.4 Å². The van der Waals surface area contributed by atoms with Crippen molar-refractivity contribution in [2.24, 2.45) is 0 Å². The number of allylic oxidation sites excluding steroid dienone is 1. The van der Waals surface area contributed by atoms with Gasteiger partial charge in [-0.3, -0.25) is 4.79 Å². The van der Waals surface area contributed by atoms with E-state index in [-0.39, 0.29) is 5.78 Å². The Balaban J connectivity index is 2.13. The molecule has 0 amide bonds.